The van der Waals surface area contributed by atoms with Crippen molar-refractivity contribution in [3.63, 3.8) is 0 Å². The van der Waals surface area contributed by atoms with Gasteiger partial charge in [0.25, 0.3) is 0 Å². The van der Waals surface area contributed by atoms with Crippen molar-refractivity contribution in [2.75, 3.05) is 0 Å². The van der Waals surface area contributed by atoms with Crippen molar-refractivity contribution in [1.82, 2.24) is 0 Å². The molecule has 0 unspecified atom stereocenters. The summed E-state index contributed by atoms with van der Waals surface area (Å²) in [5.74, 6) is -3.78. The molecule has 1 aliphatic carbocycles. The van der Waals surface area contributed by atoms with E-state index in [1.165, 1.54) is 70.3 Å². The van der Waals surface area contributed by atoms with Gasteiger partial charge in [-0.05, 0) is 53.3 Å². The molecule has 1 aliphatic rings. The van der Waals surface area contributed by atoms with E-state index < -0.39 is 29.6 Å². The molecule has 0 spiro atoms. The zero-order valence-corrected chi connectivity index (χ0v) is 22.4. The Morgan fingerprint density at radius 2 is 1.41 bits per heavy atom. The Kier molecular flexibility index (Phi) is 9.84. The highest BCUT2D eigenvalue weighted by atomic mass is 19.4. The molecular formula is C32H36F6O. The van der Waals surface area contributed by atoms with Gasteiger partial charge in [-0.1, -0.05) is 101 Å². The second-order valence-corrected chi connectivity index (χ2v) is 10.9. The van der Waals surface area contributed by atoms with Gasteiger partial charge in [0.05, 0.1) is 0 Å². The number of hydrogen-bond donors (Lipinski definition) is 0. The molecule has 0 N–H and O–H groups in total. The van der Waals surface area contributed by atoms with Crippen LogP contribution in [0.2, 0.25) is 0 Å². The lowest BCUT2D eigenvalue weighted by molar-refractivity contribution is -0.276. The summed E-state index contributed by atoms with van der Waals surface area (Å²) < 4.78 is 84.4. The van der Waals surface area contributed by atoms with E-state index in [-0.39, 0.29) is 16.5 Å². The van der Waals surface area contributed by atoms with Crippen molar-refractivity contribution >= 4 is 10.8 Å². The van der Waals surface area contributed by atoms with Gasteiger partial charge in [0.2, 0.25) is 5.75 Å². The molecule has 1 saturated carbocycles. The third kappa shape index (κ3) is 7.92. The molecule has 0 aromatic heterocycles. The number of halogens is 6. The summed E-state index contributed by atoms with van der Waals surface area (Å²) in [5.41, 5.74) is 0.798. The van der Waals surface area contributed by atoms with Crippen LogP contribution in [0.3, 0.4) is 0 Å². The minimum atomic E-state index is -5.25. The van der Waals surface area contributed by atoms with Crippen molar-refractivity contribution in [1.29, 1.82) is 0 Å². The lowest BCUT2D eigenvalue weighted by Crippen LogP contribution is -2.19. The van der Waals surface area contributed by atoms with Gasteiger partial charge in [-0.3, -0.25) is 0 Å². The number of fused-ring (bicyclic) bond motifs is 1. The van der Waals surface area contributed by atoms with Crippen LogP contribution in [0, 0.1) is 29.3 Å². The third-order valence-electron chi connectivity index (χ3n) is 8.07. The molecule has 0 heterocycles. The van der Waals surface area contributed by atoms with Gasteiger partial charge in [-0.15, -0.1) is 13.2 Å². The van der Waals surface area contributed by atoms with Crippen LogP contribution in [-0.4, -0.2) is 6.36 Å². The molecule has 3 aromatic rings. The van der Waals surface area contributed by atoms with Crippen LogP contribution >= 0.6 is 0 Å². The van der Waals surface area contributed by atoms with Gasteiger partial charge in [0.1, 0.15) is 5.82 Å². The normalized spacial score (nSPS) is 18.0. The van der Waals surface area contributed by atoms with Gasteiger partial charge in [-0.2, -0.15) is 0 Å². The highest BCUT2D eigenvalue weighted by molar-refractivity contribution is 5.88. The van der Waals surface area contributed by atoms with E-state index >= 15 is 4.39 Å². The van der Waals surface area contributed by atoms with E-state index in [1.54, 1.807) is 12.1 Å². The molecule has 0 aliphatic heterocycles. The molecule has 0 saturated heterocycles. The van der Waals surface area contributed by atoms with Crippen LogP contribution in [0.25, 0.3) is 21.9 Å². The first kappa shape index (κ1) is 29.3. The lowest BCUT2D eigenvalue weighted by atomic mass is 9.77. The number of aryl methyl sites for hydroxylation is 1. The van der Waals surface area contributed by atoms with Gasteiger partial charge < -0.3 is 4.74 Å². The average Bonchev–Trinajstić information content (AvgIpc) is 2.89. The molecule has 1 fully saturated rings. The van der Waals surface area contributed by atoms with E-state index in [9.17, 15) is 22.0 Å². The summed E-state index contributed by atoms with van der Waals surface area (Å²) in [7, 11) is 0. The first-order valence-corrected chi connectivity index (χ1v) is 14.1. The molecule has 212 valence electrons. The molecule has 39 heavy (non-hydrogen) atoms. The number of ether oxygens (including phenoxy) is 1. The van der Waals surface area contributed by atoms with Gasteiger partial charge in [0, 0.05) is 10.9 Å². The smallest absolute Gasteiger partial charge is 0.399 e. The molecular weight excluding hydrogens is 514 g/mol. The topological polar surface area (TPSA) is 9.23 Å². The van der Waals surface area contributed by atoms with Crippen LogP contribution in [0.15, 0.2) is 42.5 Å². The van der Waals surface area contributed by atoms with Crippen LogP contribution < -0.4 is 4.74 Å². The second-order valence-electron chi connectivity index (χ2n) is 10.9. The minimum absolute atomic E-state index is 0.103. The first-order valence-electron chi connectivity index (χ1n) is 14.1. The van der Waals surface area contributed by atoms with Crippen molar-refractivity contribution in [2.24, 2.45) is 11.8 Å². The zero-order valence-electron chi connectivity index (χ0n) is 22.4. The van der Waals surface area contributed by atoms with Crippen LogP contribution in [0.5, 0.6) is 5.75 Å². The lowest BCUT2D eigenvalue weighted by Gasteiger charge is -2.28. The minimum Gasteiger partial charge on any atom is -0.399 e. The predicted octanol–water partition coefficient (Wildman–Crippen LogP) is 10.9. The Hall–Kier alpha value is -2.70. The fourth-order valence-corrected chi connectivity index (χ4v) is 5.86. The summed E-state index contributed by atoms with van der Waals surface area (Å²) in [6.07, 6.45) is 9.97. The molecule has 0 atom stereocenters. The van der Waals surface area contributed by atoms with Gasteiger partial charge >= 0.3 is 6.36 Å². The van der Waals surface area contributed by atoms with Crippen LogP contribution in [-0.2, 0) is 6.42 Å². The highest BCUT2D eigenvalue weighted by Crippen LogP contribution is 2.37. The van der Waals surface area contributed by atoms with E-state index in [0.29, 0.717) is 23.4 Å². The zero-order chi connectivity index (χ0) is 28.0. The summed E-state index contributed by atoms with van der Waals surface area (Å²) >= 11 is 0. The molecule has 0 amide bonds. The van der Waals surface area contributed by atoms with Gasteiger partial charge in [0.15, 0.2) is 11.6 Å². The van der Waals surface area contributed by atoms with E-state index in [0.717, 1.165) is 24.3 Å². The maximum absolute atomic E-state index is 15.3. The van der Waals surface area contributed by atoms with E-state index in [1.807, 2.05) is 12.1 Å². The summed E-state index contributed by atoms with van der Waals surface area (Å²) in [4.78, 5) is 0. The molecule has 0 bridgehead atoms. The Morgan fingerprint density at radius 1 is 0.769 bits per heavy atom. The average molecular weight is 551 g/mol. The third-order valence-corrected chi connectivity index (χ3v) is 8.07. The second kappa shape index (κ2) is 13.1. The largest absolute Gasteiger partial charge is 0.573 e. The standard InChI is InChI=1S/C32H36F6O/c1-2-3-4-5-6-7-21-8-10-22(11-9-21)12-13-23-14-16-26-24(18-23)15-17-27(30(26)35)25-19-28(33)31(29(34)20-25)39-32(36,37)38/h14-22H,2-13H2,1H3/t21-,22-. The van der Waals surface area contributed by atoms with E-state index in [2.05, 4.69) is 11.7 Å². The number of rotatable bonds is 11. The quantitative estimate of drug-likeness (QED) is 0.170. The van der Waals surface area contributed by atoms with Crippen molar-refractivity contribution in [3.8, 4) is 16.9 Å². The Bertz CT molecular complexity index is 1220. The number of hydrogen-bond acceptors (Lipinski definition) is 1. The van der Waals surface area contributed by atoms with Crippen molar-refractivity contribution in [3.05, 3.63) is 65.5 Å². The summed E-state index contributed by atoms with van der Waals surface area (Å²) in [6.45, 7) is 2.24. The first-order chi connectivity index (χ1) is 18.6. The predicted molar refractivity (Wildman–Crippen MR) is 143 cm³/mol. The van der Waals surface area contributed by atoms with Gasteiger partial charge in [-0.25, -0.2) is 13.2 Å². The molecule has 4 rings (SSSR count). The fourth-order valence-electron chi connectivity index (χ4n) is 5.86. The number of unbranched alkanes of at least 4 members (excludes halogenated alkanes) is 4. The van der Waals surface area contributed by atoms with Crippen LogP contribution in [0.1, 0.15) is 83.1 Å². The highest BCUT2D eigenvalue weighted by Gasteiger charge is 2.34. The Morgan fingerprint density at radius 3 is 2.05 bits per heavy atom. The number of benzene rings is 3. The molecule has 1 nitrogen and oxygen atoms in total. The Balaban J connectivity index is 1.36. The maximum atomic E-state index is 15.3. The molecule has 7 heteroatoms. The van der Waals surface area contributed by atoms with Crippen molar-refractivity contribution in [2.45, 2.75) is 90.3 Å². The molecule has 0 radical (unpaired) electrons. The van der Waals surface area contributed by atoms with Crippen LogP contribution in [0.4, 0.5) is 26.3 Å². The summed E-state index contributed by atoms with van der Waals surface area (Å²) in [5, 5.41) is 0.950. The van der Waals surface area contributed by atoms with E-state index in [4.69, 9.17) is 0 Å². The fraction of sp³-hybridized carbons (Fsp3) is 0.500. The SMILES string of the molecule is CCCCCCC[C@H]1CC[C@H](CCc2ccc3c(F)c(-c4cc(F)c(OC(F)(F)F)c(F)c4)ccc3c2)CC1. The molecule has 3 aromatic carbocycles. The maximum Gasteiger partial charge on any atom is 0.573 e. The summed E-state index contributed by atoms with van der Waals surface area (Å²) in [6, 6.07) is 9.81. The number of alkyl halides is 3. The Labute approximate surface area is 226 Å². The van der Waals surface area contributed by atoms with Crippen molar-refractivity contribution < 1.29 is 31.1 Å². The monoisotopic (exact) mass is 550 g/mol.